The summed E-state index contributed by atoms with van der Waals surface area (Å²) in [5.74, 6) is 0.477. The number of thiazole rings is 2. The van der Waals surface area contributed by atoms with Crippen LogP contribution in [0.25, 0.3) is 11.4 Å². The van der Waals surface area contributed by atoms with Gasteiger partial charge in [0.2, 0.25) is 0 Å². The molecular weight excluding hydrogens is 214 g/mol. The van der Waals surface area contributed by atoms with Crippen molar-refractivity contribution in [2.45, 2.75) is 19.8 Å². The summed E-state index contributed by atoms with van der Waals surface area (Å²) in [4.78, 5) is 8.69. The average Bonchev–Trinajstić information content (AvgIpc) is 2.70. The molecule has 0 radical (unpaired) electrons. The molecule has 0 spiro atoms. The van der Waals surface area contributed by atoms with Crippen molar-refractivity contribution in [3.8, 4) is 11.4 Å². The minimum Gasteiger partial charge on any atom is -0.375 e. The fourth-order valence-corrected chi connectivity index (χ4v) is 2.46. The van der Waals surface area contributed by atoms with Crippen molar-refractivity contribution < 1.29 is 0 Å². The fraction of sp³-hybridized carbons (Fsp3) is 0.333. The average molecular weight is 225 g/mol. The monoisotopic (exact) mass is 225 g/mol. The molecule has 14 heavy (non-hydrogen) atoms. The van der Waals surface area contributed by atoms with Gasteiger partial charge in [0.1, 0.15) is 11.4 Å². The number of hydrogen-bond acceptors (Lipinski definition) is 5. The summed E-state index contributed by atoms with van der Waals surface area (Å²) in [5, 5.41) is 5.71. The summed E-state index contributed by atoms with van der Waals surface area (Å²) in [6.07, 6.45) is 0. The highest BCUT2D eigenvalue weighted by Crippen LogP contribution is 2.27. The van der Waals surface area contributed by atoms with Gasteiger partial charge in [0.25, 0.3) is 0 Å². The maximum Gasteiger partial charge on any atom is 0.180 e. The first-order valence-electron chi connectivity index (χ1n) is 4.33. The van der Waals surface area contributed by atoms with Crippen LogP contribution < -0.4 is 5.73 Å². The van der Waals surface area contributed by atoms with Gasteiger partial charge in [0, 0.05) is 16.7 Å². The lowest BCUT2D eigenvalue weighted by Gasteiger charge is -1.95. The predicted molar refractivity (Wildman–Crippen MR) is 61.7 cm³/mol. The lowest BCUT2D eigenvalue weighted by molar-refractivity contribution is 0.853. The molecule has 0 bridgehead atoms. The molecule has 2 heterocycles. The first-order valence-corrected chi connectivity index (χ1v) is 6.09. The van der Waals surface area contributed by atoms with E-state index >= 15 is 0 Å². The number of nitrogens with two attached hydrogens (primary N) is 1. The Morgan fingerprint density at radius 2 is 1.79 bits per heavy atom. The van der Waals surface area contributed by atoms with Gasteiger partial charge in [-0.25, -0.2) is 9.97 Å². The summed E-state index contributed by atoms with van der Waals surface area (Å²) >= 11 is 3.12. The fourth-order valence-electron chi connectivity index (χ4n) is 1.08. The lowest BCUT2D eigenvalue weighted by Crippen LogP contribution is -1.86. The van der Waals surface area contributed by atoms with Gasteiger partial charge >= 0.3 is 0 Å². The van der Waals surface area contributed by atoms with Crippen LogP contribution in [0.5, 0.6) is 0 Å². The highest BCUT2D eigenvalue weighted by Gasteiger charge is 2.09. The molecule has 2 rings (SSSR count). The van der Waals surface area contributed by atoms with E-state index in [0.717, 1.165) is 16.4 Å². The topological polar surface area (TPSA) is 51.8 Å². The highest BCUT2D eigenvalue weighted by molar-refractivity contribution is 7.14. The second-order valence-electron chi connectivity index (χ2n) is 3.30. The van der Waals surface area contributed by atoms with E-state index in [1.807, 2.05) is 10.8 Å². The highest BCUT2D eigenvalue weighted by atomic mass is 32.1. The Labute approximate surface area is 90.6 Å². The summed E-state index contributed by atoms with van der Waals surface area (Å²) in [6, 6.07) is 0. The van der Waals surface area contributed by atoms with Crippen LogP contribution in [0.2, 0.25) is 0 Å². The molecule has 2 N–H and O–H groups in total. The maximum atomic E-state index is 5.57. The molecule has 74 valence electrons. The predicted octanol–water partition coefficient (Wildman–Crippen LogP) is 2.97. The van der Waals surface area contributed by atoms with E-state index < -0.39 is 0 Å². The Hall–Kier alpha value is -0.940. The van der Waals surface area contributed by atoms with Crippen LogP contribution in [0.1, 0.15) is 24.8 Å². The van der Waals surface area contributed by atoms with E-state index in [4.69, 9.17) is 5.73 Å². The first-order chi connectivity index (χ1) is 6.66. The van der Waals surface area contributed by atoms with Crippen LogP contribution in [0.15, 0.2) is 10.8 Å². The lowest BCUT2D eigenvalue weighted by atomic mass is 10.2. The summed E-state index contributed by atoms with van der Waals surface area (Å²) in [5.41, 5.74) is 7.39. The third-order valence-corrected chi connectivity index (χ3v) is 3.62. The number of anilines is 1. The molecular formula is C9H11N3S2. The number of hydrogen-bond donors (Lipinski definition) is 1. The van der Waals surface area contributed by atoms with Gasteiger partial charge < -0.3 is 5.73 Å². The van der Waals surface area contributed by atoms with Gasteiger partial charge in [0.05, 0.1) is 5.01 Å². The van der Waals surface area contributed by atoms with Crippen molar-refractivity contribution in [1.82, 2.24) is 9.97 Å². The normalized spacial score (nSPS) is 11.1. The van der Waals surface area contributed by atoms with Crippen LogP contribution >= 0.6 is 22.7 Å². The molecule has 0 aliphatic heterocycles. The van der Waals surface area contributed by atoms with Crippen molar-refractivity contribution in [3.63, 3.8) is 0 Å². The molecule has 0 atom stereocenters. The third-order valence-electron chi connectivity index (χ3n) is 1.80. The van der Waals surface area contributed by atoms with E-state index in [9.17, 15) is 0 Å². The molecule has 0 aliphatic carbocycles. The molecule has 3 nitrogen and oxygen atoms in total. The zero-order valence-corrected chi connectivity index (χ0v) is 9.65. The number of nitrogen functional groups attached to an aromatic ring is 1. The van der Waals surface area contributed by atoms with Crippen LogP contribution in [0.3, 0.4) is 0 Å². The molecule has 0 aromatic carbocycles. The zero-order valence-electron chi connectivity index (χ0n) is 8.02. The van der Waals surface area contributed by atoms with Crippen molar-refractivity contribution in [3.05, 3.63) is 15.8 Å². The van der Waals surface area contributed by atoms with E-state index in [1.165, 1.54) is 11.3 Å². The number of nitrogens with zero attached hydrogens (tertiary/aromatic N) is 2. The van der Waals surface area contributed by atoms with Gasteiger partial charge in [0.15, 0.2) is 5.13 Å². The van der Waals surface area contributed by atoms with Crippen LogP contribution in [-0.2, 0) is 0 Å². The SMILES string of the molecule is CC(C)c1nc(-c2csc(N)n2)cs1. The van der Waals surface area contributed by atoms with Crippen molar-refractivity contribution >= 4 is 27.8 Å². The second-order valence-corrected chi connectivity index (χ2v) is 5.08. The van der Waals surface area contributed by atoms with Crippen LogP contribution in [0, 0.1) is 0 Å². The zero-order chi connectivity index (χ0) is 10.1. The Balaban J connectivity index is 2.33. The largest absolute Gasteiger partial charge is 0.375 e. The maximum absolute atomic E-state index is 5.57. The molecule has 0 saturated heterocycles. The Morgan fingerprint density at radius 1 is 1.14 bits per heavy atom. The molecule has 0 saturated carbocycles. The van der Waals surface area contributed by atoms with Gasteiger partial charge in [-0.3, -0.25) is 0 Å². The van der Waals surface area contributed by atoms with Crippen molar-refractivity contribution in [1.29, 1.82) is 0 Å². The second kappa shape index (κ2) is 3.67. The smallest absolute Gasteiger partial charge is 0.180 e. The molecule has 0 amide bonds. The van der Waals surface area contributed by atoms with E-state index in [0.29, 0.717) is 11.0 Å². The van der Waals surface area contributed by atoms with Gasteiger partial charge in [-0.2, -0.15) is 0 Å². The van der Waals surface area contributed by atoms with Crippen LogP contribution in [-0.4, -0.2) is 9.97 Å². The molecule has 5 heteroatoms. The quantitative estimate of drug-likeness (QED) is 0.854. The molecule has 0 unspecified atom stereocenters. The Morgan fingerprint density at radius 3 is 2.29 bits per heavy atom. The Kier molecular flexibility index (Phi) is 2.52. The van der Waals surface area contributed by atoms with Gasteiger partial charge in [-0.15, -0.1) is 22.7 Å². The van der Waals surface area contributed by atoms with Crippen LogP contribution in [0.4, 0.5) is 5.13 Å². The standard InChI is InChI=1S/C9H11N3S2/c1-5(2)8-11-6(3-13-8)7-4-14-9(10)12-7/h3-5H,1-2H3,(H2,10,12). The van der Waals surface area contributed by atoms with E-state index in [2.05, 4.69) is 23.8 Å². The number of aromatic nitrogens is 2. The molecule has 2 aromatic rings. The van der Waals surface area contributed by atoms with Crippen molar-refractivity contribution in [2.75, 3.05) is 5.73 Å². The minimum absolute atomic E-state index is 0.477. The first kappa shape index (κ1) is 9.61. The molecule has 2 aromatic heterocycles. The summed E-state index contributed by atoms with van der Waals surface area (Å²) in [7, 11) is 0. The van der Waals surface area contributed by atoms with E-state index in [1.54, 1.807) is 11.3 Å². The van der Waals surface area contributed by atoms with Crippen molar-refractivity contribution in [2.24, 2.45) is 0 Å². The molecule has 0 fully saturated rings. The molecule has 0 aliphatic rings. The summed E-state index contributed by atoms with van der Waals surface area (Å²) in [6.45, 7) is 4.27. The third kappa shape index (κ3) is 1.78. The van der Waals surface area contributed by atoms with Gasteiger partial charge in [-0.1, -0.05) is 13.8 Å². The minimum atomic E-state index is 0.477. The summed E-state index contributed by atoms with van der Waals surface area (Å²) < 4.78 is 0. The van der Waals surface area contributed by atoms with Gasteiger partial charge in [-0.05, 0) is 0 Å². The number of rotatable bonds is 2. The Bertz CT molecular complexity index is 431. The van der Waals surface area contributed by atoms with E-state index in [-0.39, 0.29) is 0 Å².